The molecule has 0 N–H and O–H groups in total. The molecule has 1 fully saturated rings. The van der Waals surface area contributed by atoms with Crippen molar-refractivity contribution in [1.29, 1.82) is 0 Å². The van der Waals surface area contributed by atoms with Gasteiger partial charge in [0.05, 0.1) is 11.7 Å². The van der Waals surface area contributed by atoms with E-state index in [-0.39, 0.29) is 5.60 Å². The first-order valence-corrected chi connectivity index (χ1v) is 7.12. The van der Waals surface area contributed by atoms with E-state index >= 15 is 0 Å². The molecule has 0 aliphatic carbocycles. The monoisotopic (exact) mass is 277 g/mol. The maximum absolute atomic E-state index is 5.88. The lowest BCUT2D eigenvalue weighted by molar-refractivity contribution is -0.128. The van der Waals surface area contributed by atoms with Gasteiger partial charge in [0.25, 0.3) is 0 Å². The SMILES string of the molecule is CC1CN(CCCCCBr)CC(C)(C)O1. The van der Waals surface area contributed by atoms with E-state index in [0.29, 0.717) is 6.10 Å². The molecule has 0 spiro atoms. The number of alkyl halides is 1. The largest absolute Gasteiger partial charge is 0.370 e. The molecule has 2 nitrogen and oxygen atoms in total. The molecule has 0 amide bonds. The number of rotatable bonds is 5. The van der Waals surface area contributed by atoms with Crippen molar-refractivity contribution in [3.63, 3.8) is 0 Å². The van der Waals surface area contributed by atoms with Crippen LogP contribution < -0.4 is 0 Å². The number of hydrogen-bond acceptors (Lipinski definition) is 2. The zero-order chi connectivity index (χ0) is 11.3. The summed E-state index contributed by atoms with van der Waals surface area (Å²) in [7, 11) is 0. The fourth-order valence-corrected chi connectivity index (χ4v) is 2.76. The highest BCUT2D eigenvalue weighted by Gasteiger charge is 2.30. The third kappa shape index (κ3) is 5.32. The van der Waals surface area contributed by atoms with Crippen LogP contribution >= 0.6 is 15.9 Å². The van der Waals surface area contributed by atoms with Gasteiger partial charge in [-0.25, -0.2) is 0 Å². The highest BCUT2D eigenvalue weighted by molar-refractivity contribution is 9.09. The number of halogens is 1. The Labute approximate surface area is 102 Å². The molecule has 1 saturated heterocycles. The first kappa shape index (κ1) is 13.5. The highest BCUT2D eigenvalue weighted by Crippen LogP contribution is 2.20. The maximum Gasteiger partial charge on any atom is 0.0757 e. The lowest BCUT2D eigenvalue weighted by atomic mass is 10.1. The van der Waals surface area contributed by atoms with Crippen molar-refractivity contribution in [1.82, 2.24) is 4.90 Å². The van der Waals surface area contributed by atoms with Gasteiger partial charge in [-0.1, -0.05) is 22.4 Å². The predicted octanol–water partition coefficient (Wildman–Crippen LogP) is 3.05. The summed E-state index contributed by atoms with van der Waals surface area (Å²) in [5.41, 5.74) is 0.0348. The Balaban J connectivity index is 2.23. The van der Waals surface area contributed by atoms with Crippen LogP contribution in [0.4, 0.5) is 0 Å². The molecule has 0 aromatic heterocycles. The van der Waals surface area contributed by atoms with Crippen LogP contribution in [0.25, 0.3) is 0 Å². The van der Waals surface area contributed by atoms with E-state index < -0.39 is 0 Å². The molecule has 1 atom stereocenters. The second-order valence-corrected chi connectivity index (χ2v) is 5.97. The van der Waals surface area contributed by atoms with Crippen LogP contribution in [0.15, 0.2) is 0 Å². The van der Waals surface area contributed by atoms with Crippen LogP contribution in [0.1, 0.15) is 40.0 Å². The minimum absolute atomic E-state index is 0.0348. The Bertz CT molecular complexity index is 184. The molecule has 1 aliphatic rings. The van der Waals surface area contributed by atoms with Crippen LogP contribution in [-0.2, 0) is 4.74 Å². The Hall–Kier alpha value is 0.400. The molecule has 0 aromatic carbocycles. The summed E-state index contributed by atoms with van der Waals surface area (Å²) in [5, 5.41) is 1.14. The van der Waals surface area contributed by atoms with Crippen LogP contribution in [0.2, 0.25) is 0 Å². The van der Waals surface area contributed by atoms with Crippen LogP contribution in [0, 0.1) is 0 Å². The first-order chi connectivity index (χ1) is 7.03. The van der Waals surface area contributed by atoms with E-state index in [9.17, 15) is 0 Å². The number of nitrogens with zero attached hydrogens (tertiary/aromatic N) is 1. The third-order valence-electron chi connectivity index (χ3n) is 2.75. The molecule has 90 valence electrons. The Kier molecular flexibility index (Phi) is 5.58. The second-order valence-electron chi connectivity index (χ2n) is 5.17. The number of unbranched alkanes of at least 4 members (excludes halogenated alkanes) is 2. The Morgan fingerprint density at radius 3 is 2.67 bits per heavy atom. The second kappa shape index (κ2) is 6.21. The van der Waals surface area contributed by atoms with Crippen molar-refractivity contribution in [3.05, 3.63) is 0 Å². The predicted molar refractivity (Wildman–Crippen MR) is 68.7 cm³/mol. The first-order valence-electron chi connectivity index (χ1n) is 5.99. The summed E-state index contributed by atoms with van der Waals surface area (Å²) in [6.07, 6.45) is 4.32. The van der Waals surface area contributed by atoms with Gasteiger partial charge in [0.1, 0.15) is 0 Å². The average Bonchev–Trinajstić information content (AvgIpc) is 2.09. The zero-order valence-corrected chi connectivity index (χ0v) is 11.8. The molecule has 0 aromatic rings. The van der Waals surface area contributed by atoms with Crippen molar-refractivity contribution < 1.29 is 4.74 Å². The molecule has 0 saturated carbocycles. The Morgan fingerprint density at radius 2 is 2.07 bits per heavy atom. The van der Waals surface area contributed by atoms with Crippen LogP contribution in [0.3, 0.4) is 0 Å². The van der Waals surface area contributed by atoms with E-state index in [1.807, 2.05) is 0 Å². The van der Waals surface area contributed by atoms with Crippen LogP contribution in [0.5, 0.6) is 0 Å². The van der Waals surface area contributed by atoms with Gasteiger partial charge in [-0.05, 0) is 40.2 Å². The van der Waals surface area contributed by atoms with Gasteiger partial charge in [-0.3, -0.25) is 4.90 Å². The van der Waals surface area contributed by atoms with Gasteiger partial charge in [0, 0.05) is 18.4 Å². The molecule has 3 heteroatoms. The van der Waals surface area contributed by atoms with E-state index in [2.05, 4.69) is 41.6 Å². The molecule has 1 heterocycles. The topological polar surface area (TPSA) is 12.5 Å². The van der Waals surface area contributed by atoms with Crippen molar-refractivity contribution in [2.75, 3.05) is 25.0 Å². The molecule has 0 radical (unpaired) electrons. The average molecular weight is 278 g/mol. The fraction of sp³-hybridized carbons (Fsp3) is 1.00. The van der Waals surface area contributed by atoms with Gasteiger partial charge in [-0.15, -0.1) is 0 Å². The molecule has 1 rings (SSSR count). The van der Waals surface area contributed by atoms with Crippen LogP contribution in [-0.4, -0.2) is 41.6 Å². The zero-order valence-electron chi connectivity index (χ0n) is 10.3. The normalized spacial score (nSPS) is 26.8. The van der Waals surface area contributed by atoms with Gasteiger partial charge in [-0.2, -0.15) is 0 Å². The minimum Gasteiger partial charge on any atom is -0.370 e. The fourth-order valence-electron chi connectivity index (χ4n) is 2.36. The van der Waals surface area contributed by atoms with E-state index in [1.165, 1.54) is 25.8 Å². The van der Waals surface area contributed by atoms with Crippen molar-refractivity contribution in [2.45, 2.75) is 51.7 Å². The highest BCUT2D eigenvalue weighted by atomic mass is 79.9. The van der Waals surface area contributed by atoms with Crippen molar-refractivity contribution >= 4 is 15.9 Å². The molecule has 1 aliphatic heterocycles. The lowest BCUT2D eigenvalue weighted by Crippen LogP contribution is -2.51. The summed E-state index contributed by atoms with van der Waals surface area (Å²) in [4.78, 5) is 2.54. The molecule has 1 unspecified atom stereocenters. The van der Waals surface area contributed by atoms with Gasteiger partial charge < -0.3 is 4.74 Å². The quantitative estimate of drug-likeness (QED) is 0.566. The van der Waals surface area contributed by atoms with Gasteiger partial charge in [0.2, 0.25) is 0 Å². The molecular formula is C12H24BrNO. The molecule has 15 heavy (non-hydrogen) atoms. The van der Waals surface area contributed by atoms with Crippen molar-refractivity contribution in [2.24, 2.45) is 0 Å². The van der Waals surface area contributed by atoms with E-state index in [4.69, 9.17) is 4.74 Å². The lowest BCUT2D eigenvalue weighted by Gasteiger charge is -2.41. The smallest absolute Gasteiger partial charge is 0.0757 e. The van der Waals surface area contributed by atoms with Crippen molar-refractivity contribution in [3.8, 4) is 0 Å². The summed E-state index contributed by atoms with van der Waals surface area (Å²) in [6.45, 7) is 9.95. The van der Waals surface area contributed by atoms with E-state index in [0.717, 1.165) is 18.4 Å². The number of morpholine rings is 1. The number of ether oxygens (including phenoxy) is 1. The minimum atomic E-state index is 0.0348. The summed E-state index contributed by atoms with van der Waals surface area (Å²) >= 11 is 3.47. The summed E-state index contributed by atoms with van der Waals surface area (Å²) in [5.74, 6) is 0. The summed E-state index contributed by atoms with van der Waals surface area (Å²) < 4.78 is 5.88. The maximum atomic E-state index is 5.88. The molecule has 0 bridgehead atoms. The number of hydrogen-bond donors (Lipinski definition) is 0. The van der Waals surface area contributed by atoms with Gasteiger partial charge >= 0.3 is 0 Å². The van der Waals surface area contributed by atoms with E-state index in [1.54, 1.807) is 0 Å². The third-order valence-corrected chi connectivity index (χ3v) is 3.31. The summed E-state index contributed by atoms with van der Waals surface area (Å²) in [6, 6.07) is 0. The van der Waals surface area contributed by atoms with Gasteiger partial charge in [0.15, 0.2) is 0 Å². The Morgan fingerprint density at radius 1 is 1.33 bits per heavy atom. The molecular weight excluding hydrogens is 254 g/mol. The standard InChI is InChI=1S/C12H24BrNO/c1-11-9-14(8-6-4-5-7-13)10-12(2,3)15-11/h11H,4-10H2,1-3H3.